The van der Waals surface area contributed by atoms with Crippen LogP contribution in [0.3, 0.4) is 0 Å². The van der Waals surface area contributed by atoms with Crippen LogP contribution in [0, 0.1) is 0 Å². The van der Waals surface area contributed by atoms with E-state index in [9.17, 15) is 22.8 Å². The number of guanidine groups is 1. The van der Waals surface area contributed by atoms with Gasteiger partial charge in [-0.3, -0.25) is 0 Å². The van der Waals surface area contributed by atoms with Crippen molar-refractivity contribution in [3.63, 3.8) is 0 Å². The molecule has 19 heavy (non-hydrogen) atoms. The quantitative estimate of drug-likeness (QED) is 0.623. The Labute approximate surface area is 107 Å². The molecule has 12 heteroatoms. The summed E-state index contributed by atoms with van der Waals surface area (Å²) in [5.74, 6) is -2.41. The molecule has 0 fully saturated rings. The molecule has 0 aliphatic carbocycles. The Morgan fingerprint density at radius 3 is 2.47 bits per heavy atom. The van der Waals surface area contributed by atoms with Crippen molar-refractivity contribution in [3.8, 4) is 0 Å². The molecule has 3 N–H and O–H groups in total. The van der Waals surface area contributed by atoms with Crippen LogP contribution < -0.4 is 5.73 Å². The first kappa shape index (κ1) is 14.7. The first-order valence-electron chi connectivity index (χ1n) is 4.69. The number of carbonyl (C=O) groups is 3. The second-order valence-electron chi connectivity index (χ2n) is 3.36. The first-order chi connectivity index (χ1) is 8.59. The molecule has 106 valence electrons. The molecule has 0 bridgehead atoms. The Kier molecular flexibility index (Phi) is 3.65. The standard InChI is InChI=1S/C7H10N4O7S/c1-3(4(12)13)18-7(15)11-5(8)9-6(14)10(2)19(11,16)17/h3H,1-2H3,(H,12,13)(H2,8,9,14). The van der Waals surface area contributed by atoms with Crippen molar-refractivity contribution in [2.75, 3.05) is 7.05 Å². The average molecular weight is 294 g/mol. The van der Waals surface area contributed by atoms with E-state index in [1.54, 1.807) is 0 Å². The largest absolute Gasteiger partial charge is 0.479 e. The van der Waals surface area contributed by atoms with Crippen molar-refractivity contribution in [1.82, 2.24) is 8.61 Å². The third-order valence-electron chi connectivity index (χ3n) is 2.06. The highest BCUT2D eigenvalue weighted by atomic mass is 32.2. The van der Waals surface area contributed by atoms with E-state index in [1.807, 2.05) is 0 Å². The lowest BCUT2D eigenvalue weighted by Gasteiger charge is -2.28. The molecule has 0 radical (unpaired) electrons. The van der Waals surface area contributed by atoms with Gasteiger partial charge in [0.25, 0.3) is 0 Å². The molecule has 11 nitrogen and oxygen atoms in total. The van der Waals surface area contributed by atoms with Crippen molar-refractivity contribution >= 4 is 34.3 Å². The number of nitrogens with two attached hydrogens (primary N) is 1. The summed E-state index contributed by atoms with van der Waals surface area (Å²) in [6.07, 6.45) is -3.17. The van der Waals surface area contributed by atoms with E-state index in [-0.39, 0.29) is 8.61 Å². The molecular formula is C7H10N4O7S. The fourth-order valence-corrected chi connectivity index (χ4v) is 1.98. The Morgan fingerprint density at radius 2 is 2.00 bits per heavy atom. The summed E-state index contributed by atoms with van der Waals surface area (Å²) in [7, 11) is -3.72. The van der Waals surface area contributed by atoms with Crippen LogP contribution in [0.2, 0.25) is 0 Å². The molecule has 1 unspecified atom stereocenters. The summed E-state index contributed by atoms with van der Waals surface area (Å²) in [6, 6.07) is -1.19. The van der Waals surface area contributed by atoms with E-state index < -0.39 is 40.4 Å². The van der Waals surface area contributed by atoms with Crippen molar-refractivity contribution in [2.45, 2.75) is 13.0 Å². The van der Waals surface area contributed by atoms with Crippen molar-refractivity contribution in [3.05, 3.63) is 0 Å². The lowest BCUT2D eigenvalue weighted by molar-refractivity contribution is -0.145. The SMILES string of the molecule is CC(OC(=O)N1C(N)=NC(=O)N(C)S1(=O)=O)C(=O)O. The molecule has 1 atom stereocenters. The minimum Gasteiger partial charge on any atom is -0.479 e. The Balaban J connectivity index is 3.11. The average Bonchev–Trinajstić information content (AvgIpc) is 2.25. The lowest BCUT2D eigenvalue weighted by Crippen LogP contribution is -2.56. The van der Waals surface area contributed by atoms with E-state index in [0.717, 1.165) is 14.0 Å². The predicted molar refractivity (Wildman–Crippen MR) is 59.1 cm³/mol. The molecule has 0 aromatic rings. The normalized spacial score (nSPS) is 19.7. The molecule has 0 aromatic carbocycles. The van der Waals surface area contributed by atoms with Crippen LogP contribution in [0.25, 0.3) is 0 Å². The topological polar surface area (TPSA) is 160 Å². The van der Waals surface area contributed by atoms with Gasteiger partial charge in [0.15, 0.2) is 6.10 Å². The maximum absolute atomic E-state index is 11.7. The van der Waals surface area contributed by atoms with Gasteiger partial charge >= 0.3 is 28.3 Å². The van der Waals surface area contributed by atoms with E-state index in [0.29, 0.717) is 0 Å². The molecule has 3 amide bonds. The van der Waals surface area contributed by atoms with Gasteiger partial charge in [-0.2, -0.15) is 13.4 Å². The molecule has 0 spiro atoms. The van der Waals surface area contributed by atoms with Gasteiger partial charge in [-0.05, 0) is 6.92 Å². The highest BCUT2D eigenvalue weighted by molar-refractivity contribution is 7.88. The number of aliphatic imine (C=N–C) groups is 1. The van der Waals surface area contributed by atoms with Gasteiger partial charge < -0.3 is 15.6 Å². The summed E-state index contributed by atoms with van der Waals surface area (Å²) in [5, 5.41) is 8.55. The Morgan fingerprint density at radius 1 is 1.47 bits per heavy atom. The number of ether oxygens (including phenoxy) is 1. The van der Waals surface area contributed by atoms with Crippen LogP contribution in [0.5, 0.6) is 0 Å². The molecule has 0 saturated carbocycles. The number of carboxylic acid groups (broad SMARTS) is 1. The highest BCUT2D eigenvalue weighted by Crippen LogP contribution is 2.15. The second-order valence-corrected chi connectivity index (χ2v) is 5.17. The monoisotopic (exact) mass is 294 g/mol. The summed E-state index contributed by atoms with van der Waals surface area (Å²) in [4.78, 5) is 36.3. The van der Waals surface area contributed by atoms with E-state index >= 15 is 0 Å². The van der Waals surface area contributed by atoms with Gasteiger partial charge in [0, 0.05) is 7.05 Å². The predicted octanol–water partition coefficient (Wildman–Crippen LogP) is -1.48. The maximum atomic E-state index is 11.7. The Bertz CT molecular complexity index is 568. The molecule has 1 heterocycles. The van der Waals surface area contributed by atoms with Crippen LogP contribution in [0.15, 0.2) is 4.99 Å². The summed E-state index contributed by atoms with van der Waals surface area (Å²) < 4.78 is 27.9. The number of hydrogen-bond acceptors (Lipinski definition) is 7. The van der Waals surface area contributed by atoms with Gasteiger partial charge in [0.05, 0.1) is 0 Å². The summed E-state index contributed by atoms with van der Waals surface area (Å²) in [6.45, 7) is 1.01. The van der Waals surface area contributed by atoms with Crippen LogP contribution >= 0.6 is 0 Å². The Hall–Kier alpha value is -2.37. The van der Waals surface area contributed by atoms with Crippen LogP contribution in [0.4, 0.5) is 9.59 Å². The fourth-order valence-electron chi connectivity index (χ4n) is 0.990. The van der Waals surface area contributed by atoms with Crippen molar-refractivity contribution in [1.29, 1.82) is 0 Å². The molecule has 1 aliphatic heterocycles. The smallest absolute Gasteiger partial charge is 0.433 e. The van der Waals surface area contributed by atoms with Gasteiger partial charge in [-0.25, -0.2) is 18.7 Å². The van der Waals surface area contributed by atoms with Crippen molar-refractivity contribution < 1.29 is 32.6 Å². The first-order valence-corrected chi connectivity index (χ1v) is 6.09. The van der Waals surface area contributed by atoms with E-state index in [1.165, 1.54) is 0 Å². The molecular weight excluding hydrogens is 284 g/mol. The van der Waals surface area contributed by atoms with Crippen LogP contribution in [-0.4, -0.2) is 59.3 Å². The maximum Gasteiger partial charge on any atom is 0.433 e. The minimum atomic E-state index is -4.58. The van der Waals surface area contributed by atoms with Gasteiger partial charge in [-0.1, -0.05) is 0 Å². The van der Waals surface area contributed by atoms with Crippen molar-refractivity contribution in [2.24, 2.45) is 10.7 Å². The van der Waals surface area contributed by atoms with E-state index in [2.05, 4.69) is 9.73 Å². The molecule has 0 aromatic heterocycles. The number of hydrogen-bond donors (Lipinski definition) is 2. The van der Waals surface area contributed by atoms with E-state index in [4.69, 9.17) is 10.8 Å². The summed E-state index contributed by atoms with van der Waals surface area (Å²) >= 11 is 0. The zero-order valence-corrected chi connectivity index (χ0v) is 10.6. The number of urea groups is 1. The van der Waals surface area contributed by atoms with Gasteiger partial charge in [0.1, 0.15) is 0 Å². The third kappa shape index (κ3) is 2.57. The molecule has 1 aliphatic rings. The second kappa shape index (κ2) is 4.72. The zero-order valence-electron chi connectivity index (χ0n) is 9.80. The third-order valence-corrected chi connectivity index (χ3v) is 3.70. The summed E-state index contributed by atoms with van der Waals surface area (Å²) in [5.41, 5.74) is 5.16. The highest BCUT2D eigenvalue weighted by Gasteiger charge is 2.43. The number of carboxylic acids is 1. The number of carbonyl (C=O) groups excluding carboxylic acids is 2. The molecule has 1 rings (SSSR count). The zero-order chi connectivity index (χ0) is 15.0. The minimum absolute atomic E-state index is 0.103. The van der Waals surface area contributed by atoms with Crippen LogP contribution in [0.1, 0.15) is 6.92 Å². The van der Waals surface area contributed by atoms with Gasteiger partial charge in [0.2, 0.25) is 5.96 Å². The number of nitrogens with zero attached hydrogens (tertiary/aromatic N) is 3. The molecule has 0 saturated heterocycles. The lowest BCUT2D eigenvalue weighted by atomic mass is 10.4. The van der Waals surface area contributed by atoms with Crippen LogP contribution in [-0.2, 0) is 19.7 Å². The number of amides is 3. The fraction of sp³-hybridized carbons (Fsp3) is 0.429. The van der Waals surface area contributed by atoms with Gasteiger partial charge in [-0.15, -0.1) is 4.31 Å². The number of aliphatic carboxylic acids is 1. The number of rotatable bonds is 2.